The molecule has 0 saturated carbocycles. The molecule has 104 valence electrons. The number of nitrogens with one attached hydrogen (secondary N) is 2. The average molecular weight is 282 g/mol. The number of nitrogens with two attached hydrogens (primary N) is 1. The number of aliphatic hydroxyl groups excluding tert-OH is 1. The smallest absolute Gasteiger partial charge is 0.180 e. The zero-order chi connectivity index (χ0) is 13.5. The summed E-state index contributed by atoms with van der Waals surface area (Å²) in [6, 6.07) is 0. The summed E-state index contributed by atoms with van der Waals surface area (Å²) in [6.45, 7) is 1.04. The number of rotatable bonds is 8. The Bertz CT molecular complexity index is 517. The molecule has 8 heteroatoms. The summed E-state index contributed by atoms with van der Waals surface area (Å²) in [5.74, 6) is 8.60. The summed E-state index contributed by atoms with van der Waals surface area (Å²) in [6.07, 6.45) is 6.18. The molecule has 0 aliphatic rings. The second-order valence-corrected chi connectivity index (χ2v) is 5.12. The maximum atomic E-state index is 8.68. The van der Waals surface area contributed by atoms with Gasteiger partial charge in [-0.15, -0.1) is 0 Å². The highest BCUT2D eigenvalue weighted by Crippen LogP contribution is 2.15. The van der Waals surface area contributed by atoms with Gasteiger partial charge in [-0.25, -0.2) is 15.8 Å². The molecular weight excluding hydrogens is 264 g/mol. The molecule has 0 amide bonds. The van der Waals surface area contributed by atoms with Crippen LogP contribution in [-0.2, 0) is 0 Å². The standard InChI is InChI=1S/C11H18N6OS/c12-16-9-8-17-4-2-14-11(17)10(15-9)13-3-7-19-6-1-5-18/h2,4,8,16,18H,1,3,5-7,12H2,(H,13,15). The van der Waals surface area contributed by atoms with Crippen molar-refractivity contribution in [2.75, 3.05) is 35.4 Å². The number of fused-ring (bicyclic) bond motifs is 1. The van der Waals surface area contributed by atoms with Crippen molar-refractivity contribution < 1.29 is 5.11 Å². The van der Waals surface area contributed by atoms with Gasteiger partial charge in [-0.05, 0) is 12.2 Å². The number of hydrogen-bond donors (Lipinski definition) is 4. The lowest BCUT2D eigenvalue weighted by atomic mass is 10.5. The van der Waals surface area contributed by atoms with Crippen LogP contribution in [-0.4, -0.2) is 44.1 Å². The van der Waals surface area contributed by atoms with Crippen LogP contribution in [0.25, 0.3) is 5.65 Å². The lowest BCUT2D eigenvalue weighted by Gasteiger charge is -2.09. The van der Waals surface area contributed by atoms with Gasteiger partial charge in [0.2, 0.25) is 0 Å². The van der Waals surface area contributed by atoms with Gasteiger partial charge in [0.15, 0.2) is 17.3 Å². The van der Waals surface area contributed by atoms with E-state index in [0.29, 0.717) is 11.6 Å². The number of hydrogen-bond acceptors (Lipinski definition) is 7. The summed E-state index contributed by atoms with van der Waals surface area (Å²) in [5, 5.41) is 11.9. The summed E-state index contributed by atoms with van der Waals surface area (Å²) in [5.41, 5.74) is 3.31. The summed E-state index contributed by atoms with van der Waals surface area (Å²) < 4.78 is 1.86. The van der Waals surface area contributed by atoms with Crippen LogP contribution in [0.5, 0.6) is 0 Å². The van der Waals surface area contributed by atoms with Crippen LogP contribution in [0.4, 0.5) is 11.6 Å². The molecule has 0 aliphatic heterocycles. The van der Waals surface area contributed by atoms with Crippen molar-refractivity contribution in [1.82, 2.24) is 14.4 Å². The minimum atomic E-state index is 0.251. The first-order valence-electron chi connectivity index (χ1n) is 6.08. The zero-order valence-corrected chi connectivity index (χ0v) is 11.4. The van der Waals surface area contributed by atoms with E-state index in [0.717, 1.165) is 30.1 Å². The lowest BCUT2D eigenvalue weighted by molar-refractivity contribution is 0.296. The lowest BCUT2D eigenvalue weighted by Crippen LogP contribution is -2.13. The minimum absolute atomic E-state index is 0.251. The second-order valence-electron chi connectivity index (χ2n) is 3.89. The maximum Gasteiger partial charge on any atom is 0.180 e. The van der Waals surface area contributed by atoms with Crippen LogP contribution in [0.2, 0.25) is 0 Å². The predicted octanol–water partition coefficient (Wildman–Crippen LogP) is 0.542. The van der Waals surface area contributed by atoms with Crippen LogP contribution in [0.3, 0.4) is 0 Å². The van der Waals surface area contributed by atoms with Crippen LogP contribution in [0, 0.1) is 0 Å². The molecule has 0 bridgehead atoms. The Kier molecular flexibility index (Phi) is 5.25. The van der Waals surface area contributed by atoms with E-state index >= 15 is 0 Å². The highest BCUT2D eigenvalue weighted by Gasteiger charge is 2.06. The molecule has 0 radical (unpaired) electrons. The molecular formula is C11H18N6OS. The second kappa shape index (κ2) is 7.17. The third kappa shape index (κ3) is 3.72. The van der Waals surface area contributed by atoms with Crippen molar-refractivity contribution >= 4 is 29.0 Å². The van der Waals surface area contributed by atoms with Crippen LogP contribution in [0.1, 0.15) is 6.42 Å². The number of nitrogen functional groups attached to an aromatic ring is 1. The Morgan fingerprint density at radius 1 is 1.42 bits per heavy atom. The average Bonchev–Trinajstić information content (AvgIpc) is 2.90. The van der Waals surface area contributed by atoms with Gasteiger partial charge in [0.25, 0.3) is 0 Å². The van der Waals surface area contributed by atoms with E-state index in [1.54, 1.807) is 24.2 Å². The van der Waals surface area contributed by atoms with Crippen molar-refractivity contribution in [2.45, 2.75) is 6.42 Å². The van der Waals surface area contributed by atoms with Crippen molar-refractivity contribution in [3.63, 3.8) is 0 Å². The first-order chi connectivity index (χ1) is 9.35. The normalized spacial score (nSPS) is 10.8. The SMILES string of the molecule is NNc1cn2ccnc2c(NCCSCCCO)n1. The highest BCUT2D eigenvalue weighted by molar-refractivity contribution is 7.99. The molecule has 5 N–H and O–H groups in total. The van der Waals surface area contributed by atoms with Gasteiger partial charge < -0.3 is 20.2 Å². The Morgan fingerprint density at radius 2 is 2.32 bits per heavy atom. The fourth-order valence-electron chi connectivity index (χ4n) is 1.63. The van der Waals surface area contributed by atoms with E-state index in [2.05, 4.69) is 20.7 Å². The van der Waals surface area contributed by atoms with Gasteiger partial charge in [-0.1, -0.05) is 0 Å². The zero-order valence-electron chi connectivity index (χ0n) is 10.5. The van der Waals surface area contributed by atoms with E-state index in [1.165, 1.54) is 0 Å². The fraction of sp³-hybridized carbons (Fsp3) is 0.455. The van der Waals surface area contributed by atoms with E-state index in [1.807, 2.05) is 10.6 Å². The van der Waals surface area contributed by atoms with Crippen molar-refractivity contribution in [1.29, 1.82) is 0 Å². The molecule has 2 aromatic rings. The van der Waals surface area contributed by atoms with Crippen molar-refractivity contribution in [3.05, 3.63) is 18.6 Å². The summed E-state index contributed by atoms with van der Waals surface area (Å²) in [7, 11) is 0. The van der Waals surface area contributed by atoms with Gasteiger partial charge in [-0.3, -0.25) is 0 Å². The number of nitrogens with zero attached hydrogens (tertiary/aromatic N) is 3. The van der Waals surface area contributed by atoms with Gasteiger partial charge in [0.1, 0.15) is 0 Å². The van der Waals surface area contributed by atoms with Crippen LogP contribution < -0.4 is 16.6 Å². The quantitative estimate of drug-likeness (QED) is 0.318. The number of aliphatic hydroxyl groups is 1. The third-order valence-corrected chi connectivity index (χ3v) is 3.58. The first kappa shape index (κ1) is 13.9. The minimum Gasteiger partial charge on any atom is -0.396 e. The number of aromatic nitrogens is 3. The van der Waals surface area contributed by atoms with Gasteiger partial charge in [0.05, 0.1) is 6.20 Å². The van der Waals surface area contributed by atoms with Crippen LogP contribution >= 0.6 is 11.8 Å². The van der Waals surface area contributed by atoms with Crippen molar-refractivity contribution in [3.8, 4) is 0 Å². The molecule has 2 rings (SSSR count). The molecule has 0 saturated heterocycles. The highest BCUT2D eigenvalue weighted by atomic mass is 32.2. The van der Waals surface area contributed by atoms with Gasteiger partial charge in [-0.2, -0.15) is 11.8 Å². The number of imidazole rings is 1. The van der Waals surface area contributed by atoms with E-state index < -0.39 is 0 Å². The fourth-order valence-corrected chi connectivity index (χ4v) is 2.41. The van der Waals surface area contributed by atoms with E-state index in [4.69, 9.17) is 10.9 Å². The number of anilines is 2. The Morgan fingerprint density at radius 3 is 3.11 bits per heavy atom. The molecule has 0 aliphatic carbocycles. The predicted molar refractivity (Wildman–Crippen MR) is 78.3 cm³/mol. The third-order valence-electron chi connectivity index (χ3n) is 2.51. The molecule has 0 aromatic carbocycles. The van der Waals surface area contributed by atoms with Crippen LogP contribution in [0.15, 0.2) is 18.6 Å². The molecule has 2 heterocycles. The molecule has 0 fully saturated rings. The monoisotopic (exact) mass is 282 g/mol. The largest absolute Gasteiger partial charge is 0.396 e. The van der Waals surface area contributed by atoms with E-state index in [-0.39, 0.29) is 6.61 Å². The molecule has 0 spiro atoms. The topological polar surface area (TPSA) is 100 Å². The number of thioether (sulfide) groups is 1. The molecule has 0 unspecified atom stereocenters. The van der Waals surface area contributed by atoms with Crippen molar-refractivity contribution in [2.24, 2.45) is 5.84 Å². The van der Waals surface area contributed by atoms with E-state index in [9.17, 15) is 0 Å². The first-order valence-corrected chi connectivity index (χ1v) is 7.23. The Labute approximate surface area is 115 Å². The molecule has 2 aromatic heterocycles. The summed E-state index contributed by atoms with van der Waals surface area (Å²) >= 11 is 1.80. The number of hydrazine groups is 1. The summed E-state index contributed by atoms with van der Waals surface area (Å²) in [4.78, 5) is 8.60. The Balaban J connectivity index is 1.93. The molecule has 19 heavy (non-hydrogen) atoms. The van der Waals surface area contributed by atoms with Gasteiger partial charge >= 0.3 is 0 Å². The molecule has 7 nitrogen and oxygen atoms in total. The molecule has 0 atom stereocenters. The maximum absolute atomic E-state index is 8.68. The van der Waals surface area contributed by atoms with Gasteiger partial charge in [0, 0.05) is 31.3 Å². The Hall–Kier alpha value is -1.51.